The maximum Gasteiger partial charge on any atom is 0.254 e. The summed E-state index contributed by atoms with van der Waals surface area (Å²) in [5.41, 5.74) is 2.51. The second kappa shape index (κ2) is 7.38. The zero-order chi connectivity index (χ0) is 19.7. The van der Waals surface area contributed by atoms with Gasteiger partial charge in [-0.05, 0) is 37.3 Å². The first-order valence-corrected chi connectivity index (χ1v) is 9.19. The van der Waals surface area contributed by atoms with Crippen LogP contribution < -0.4 is 14.4 Å². The topological polar surface area (TPSA) is 72.2 Å². The molecule has 8 nitrogen and oxygen atoms in total. The van der Waals surface area contributed by atoms with Gasteiger partial charge in [-0.1, -0.05) is 6.07 Å². The molecule has 1 saturated heterocycles. The van der Waals surface area contributed by atoms with Crippen molar-refractivity contribution in [3.05, 3.63) is 47.7 Å². The molecule has 0 saturated carbocycles. The van der Waals surface area contributed by atoms with Gasteiger partial charge in [-0.15, -0.1) is 10.2 Å². The molecule has 3 aromatic rings. The third kappa shape index (κ3) is 3.11. The molecule has 0 atom stereocenters. The first-order chi connectivity index (χ1) is 13.6. The molecule has 0 unspecified atom stereocenters. The molecule has 4 rings (SSSR count). The molecule has 1 aliphatic heterocycles. The number of carbonyl (C=O) groups is 1. The van der Waals surface area contributed by atoms with Crippen LogP contribution >= 0.6 is 0 Å². The molecule has 2 aromatic heterocycles. The third-order valence-corrected chi connectivity index (χ3v) is 5.09. The van der Waals surface area contributed by atoms with Crippen molar-refractivity contribution in [1.29, 1.82) is 0 Å². The van der Waals surface area contributed by atoms with Gasteiger partial charge in [0.25, 0.3) is 5.91 Å². The largest absolute Gasteiger partial charge is 0.493 e. The van der Waals surface area contributed by atoms with Crippen LogP contribution in [0.5, 0.6) is 11.5 Å². The van der Waals surface area contributed by atoms with Crippen LogP contribution in [-0.2, 0) is 0 Å². The first-order valence-electron chi connectivity index (χ1n) is 9.19. The van der Waals surface area contributed by atoms with Gasteiger partial charge in [0, 0.05) is 37.4 Å². The third-order valence-electron chi connectivity index (χ3n) is 5.09. The minimum Gasteiger partial charge on any atom is -0.493 e. The van der Waals surface area contributed by atoms with Crippen LogP contribution in [-0.4, -0.2) is 65.8 Å². The quantitative estimate of drug-likeness (QED) is 0.689. The highest BCUT2D eigenvalue weighted by Crippen LogP contribution is 2.28. The van der Waals surface area contributed by atoms with Crippen molar-refractivity contribution in [3.8, 4) is 11.5 Å². The van der Waals surface area contributed by atoms with E-state index in [0.29, 0.717) is 43.2 Å². The van der Waals surface area contributed by atoms with Crippen molar-refractivity contribution in [2.24, 2.45) is 0 Å². The average molecular weight is 381 g/mol. The summed E-state index contributed by atoms with van der Waals surface area (Å²) in [5.74, 6) is 1.98. The number of amides is 1. The summed E-state index contributed by atoms with van der Waals surface area (Å²) in [6.07, 6.45) is 0. The lowest BCUT2D eigenvalue weighted by Gasteiger charge is -2.35. The molecule has 1 amide bonds. The van der Waals surface area contributed by atoms with Crippen LogP contribution in [0.3, 0.4) is 0 Å². The van der Waals surface area contributed by atoms with E-state index in [9.17, 15) is 4.79 Å². The van der Waals surface area contributed by atoms with E-state index in [1.54, 1.807) is 32.4 Å². The number of aromatic nitrogens is 3. The molecule has 146 valence electrons. The molecule has 3 heterocycles. The number of rotatable bonds is 4. The fraction of sp³-hybridized carbons (Fsp3) is 0.350. The van der Waals surface area contributed by atoms with E-state index in [1.165, 1.54) is 0 Å². The van der Waals surface area contributed by atoms with Crippen LogP contribution in [0.1, 0.15) is 16.1 Å². The minimum absolute atomic E-state index is 0.0112. The van der Waals surface area contributed by atoms with Crippen LogP contribution in [0.25, 0.3) is 5.65 Å². The zero-order valence-corrected chi connectivity index (χ0v) is 16.3. The number of piperazine rings is 1. The number of benzene rings is 1. The van der Waals surface area contributed by atoms with Gasteiger partial charge >= 0.3 is 0 Å². The van der Waals surface area contributed by atoms with Crippen molar-refractivity contribution in [2.45, 2.75) is 6.92 Å². The Morgan fingerprint density at radius 2 is 1.71 bits per heavy atom. The Hall–Kier alpha value is -3.29. The van der Waals surface area contributed by atoms with Gasteiger partial charge in [0.1, 0.15) is 0 Å². The summed E-state index contributed by atoms with van der Waals surface area (Å²) in [6, 6.07) is 11.2. The average Bonchev–Trinajstić information content (AvgIpc) is 3.18. The molecule has 0 N–H and O–H groups in total. The molecule has 1 aliphatic rings. The molecule has 1 aromatic carbocycles. The van der Waals surface area contributed by atoms with E-state index in [4.69, 9.17) is 9.47 Å². The Bertz CT molecular complexity index is 1010. The minimum atomic E-state index is -0.0112. The second-order valence-electron chi connectivity index (χ2n) is 6.71. The maximum atomic E-state index is 12.9. The Morgan fingerprint density at radius 1 is 0.964 bits per heavy atom. The number of methoxy groups -OCH3 is 2. The molecular formula is C20H23N5O3. The Morgan fingerprint density at radius 3 is 2.43 bits per heavy atom. The van der Waals surface area contributed by atoms with Crippen LogP contribution in [0.4, 0.5) is 5.95 Å². The van der Waals surface area contributed by atoms with E-state index in [2.05, 4.69) is 15.1 Å². The number of aryl methyl sites for hydroxylation is 1. The summed E-state index contributed by atoms with van der Waals surface area (Å²) in [6.45, 7) is 4.68. The van der Waals surface area contributed by atoms with Gasteiger partial charge in [-0.2, -0.15) is 0 Å². The van der Waals surface area contributed by atoms with Gasteiger partial charge in [0.15, 0.2) is 17.1 Å². The normalized spacial score (nSPS) is 14.4. The highest BCUT2D eigenvalue weighted by Gasteiger charge is 2.25. The van der Waals surface area contributed by atoms with Crippen LogP contribution in [0, 0.1) is 6.92 Å². The van der Waals surface area contributed by atoms with Crippen LogP contribution in [0.15, 0.2) is 36.4 Å². The number of fused-ring (bicyclic) bond motifs is 1. The van der Waals surface area contributed by atoms with Crippen molar-refractivity contribution in [1.82, 2.24) is 19.5 Å². The summed E-state index contributed by atoms with van der Waals surface area (Å²) < 4.78 is 12.6. The molecule has 1 fully saturated rings. The zero-order valence-electron chi connectivity index (χ0n) is 16.3. The number of nitrogens with zero attached hydrogens (tertiary/aromatic N) is 5. The van der Waals surface area contributed by atoms with E-state index in [1.807, 2.05) is 34.4 Å². The lowest BCUT2D eigenvalue weighted by Crippen LogP contribution is -2.49. The van der Waals surface area contributed by atoms with Gasteiger partial charge < -0.3 is 19.3 Å². The number of carbonyl (C=O) groups excluding carboxylic acids is 1. The molecule has 8 heteroatoms. The molecule has 28 heavy (non-hydrogen) atoms. The SMILES string of the molecule is COc1ccc(C(=O)N2CCN(c3nnc4cccc(C)n34)CC2)cc1OC. The van der Waals surface area contributed by atoms with Gasteiger partial charge in [0.2, 0.25) is 5.95 Å². The smallest absolute Gasteiger partial charge is 0.254 e. The number of pyridine rings is 1. The van der Waals surface area contributed by atoms with E-state index < -0.39 is 0 Å². The summed E-state index contributed by atoms with van der Waals surface area (Å²) in [4.78, 5) is 16.9. The summed E-state index contributed by atoms with van der Waals surface area (Å²) >= 11 is 0. The van der Waals surface area contributed by atoms with Gasteiger partial charge in [-0.3, -0.25) is 9.20 Å². The molecule has 0 bridgehead atoms. The fourth-order valence-corrected chi connectivity index (χ4v) is 3.55. The van der Waals surface area contributed by atoms with E-state index in [0.717, 1.165) is 17.3 Å². The van der Waals surface area contributed by atoms with E-state index >= 15 is 0 Å². The molecule has 0 spiro atoms. The lowest BCUT2D eigenvalue weighted by molar-refractivity contribution is 0.0745. The Kier molecular flexibility index (Phi) is 4.77. The number of ether oxygens (including phenoxy) is 2. The summed E-state index contributed by atoms with van der Waals surface area (Å²) in [7, 11) is 3.14. The van der Waals surface area contributed by atoms with Crippen molar-refractivity contribution in [2.75, 3.05) is 45.3 Å². The summed E-state index contributed by atoms with van der Waals surface area (Å²) in [5, 5.41) is 8.61. The number of anilines is 1. The highest BCUT2D eigenvalue weighted by atomic mass is 16.5. The maximum absolute atomic E-state index is 12.9. The standard InChI is InChI=1S/C20H23N5O3/c1-14-5-4-6-18-21-22-20(25(14)18)24-11-9-23(10-12-24)19(26)15-7-8-16(27-2)17(13-15)28-3/h4-8,13H,9-12H2,1-3H3. The van der Waals surface area contributed by atoms with Crippen molar-refractivity contribution < 1.29 is 14.3 Å². The highest BCUT2D eigenvalue weighted by molar-refractivity contribution is 5.95. The predicted octanol–water partition coefficient (Wildman–Crippen LogP) is 2.02. The predicted molar refractivity (Wildman–Crippen MR) is 105 cm³/mol. The lowest BCUT2D eigenvalue weighted by atomic mass is 10.1. The van der Waals surface area contributed by atoms with Crippen molar-refractivity contribution in [3.63, 3.8) is 0 Å². The fourth-order valence-electron chi connectivity index (χ4n) is 3.55. The number of hydrogen-bond acceptors (Lipinski definition) is 6. The first kappa shape index (κ1) is 18.1. The Balaban J connectivity index is 1.49. The van der Waals surface area contributed by atoms with Gasteiger partial charge in [0.05, 0.1) is 14.2 Å². The molecule has 0 aliphatic carbocycles. The van der Waals surface area contributed by atoms with Gasteiger partial charge in [-0.25, -0.2) is 0 Å². The molecule has 0 radical (unpaired) electrons. The van der Waals surface area contributed by atoms with E-state index in [-0.39, 0.29) is 5.91 Å². The second-order valence-corrected chi connectivity index (χ2v) is 6.71. The van der Waals surface area contributed by atoms with Crippen molar-refractivity contribution >= 4 is 17.5 Å². The van der Waals surface area contributed by atoms with Crippen LogP contribution in [0.2, 0.25) is 0 Å². The Labute approximate surface area is 163 Å². The number of hydrogen-bond donors (Lipinski definition) is 0. The molecular weight excluding hydrogens is 358 g/mol. The monoisotopic (exact) mass is 381 g/mol.